The zero-order valence-electron chi connectivity index (χ0n) is 15.2. The molecule has 0 atom stereocenters. The van der Waals surface area contributed by atoms with E-state index in [4.69, 9.17) is 0 Å². The molecule has 2 aromatic rings. The van der Waals surface area contributed by atoms with Gasteiger partial charge in [-0.3, -0.25) is 4.79 Å². The molecule has 1 amide bonds. The van der Waals surface area contributed by atoms with Crippen LogP contribution in [0.5, 0.6) is 0 Å². The van der Waals surface area contributed by atoms with Gasteiger partial charge in [0.1, 0.15) is 0 Å². The Bertz CT molecular complexity index is 903. The maximum Gasteiger partial charge on any atom is 0.258 e. The third-order valence-electron chi connectivity index (χ3n) is 4.66. The number of carbonyl (C=O) groups is 1. The predicted molar refractivity (Wildman–Crippen MR) is 103 cm³/mol. The fourth-order valence-electron chi connectivity index (χ4n) is 3.26. The van der Waals surface area contributed by atoms with Gasteiger partial charge in [0.25, 0.3) is 5.91 Å². The predicted octanol–water partition coefficient (Wildman–Crippen LogP) is 3.45. The van der Waals surface area contributed by atoms with Crippen LogP contribution in [-0.2, 0) is 10.0 Å². The second kappa shape index (κ2) is 7.60. The van der Waals surface area contributed by atoms with E-state index in [2.05, 4.69) is 0 Å². The van der Waals surface area contributed by atoms with E-state index in [9.17, 15) is 13.2 Å². The standard InChI is InChI=1S/C20H24N2O3S/c1-3-22(18-10-6-8-16(2)14-18)20(23)17-9-7-11-19(15-17)26(24,25)21-12-4-5-13-21/h6-11,14-15H,3-5,12-13H2,1-2H3. The molecule has 0 bridgehead atoms. The summed E-state index contributed by atoms with van der Waals surface area (Å²) in [7, 11) is -3.54. The quantitative estimate of drug-likeness (QED) is 0.808. The fourth-order valence-corrected chi connectivity index (χ4v) is 4.83. The molecule has 1 fully saturated rings. The van der Waals surface area contributed by atoms with Crippen LogP contribution in [-0.4, -0.2) is 38.3 Å². The molecule has 5 nitrogen and oxygen atoms in total. The summed E-state index contributed by atoms with van der Waals surface area (Å²) in [6.07, 6.45) is 1.77. The number of amides is 1. The molecule has 0 radical (unpaired) electrons. The Morgan fingerprint density at radius 1 is 1.08 bits per heavy atom. The van der Waals surface area contributed by atoms with Gasteiger partial charge in [0.15, 0.2) is 0 Å². The van der Waals surface area contributed by atoms with Crippen molar-refractivity contribution >= 4 is 21.6 Å². The van der Waals surface area contributed by atoms with Crippen molar-refractivity contribution in [3.8, 4) is 0 Å². The van der Waals surface area contributed by atoms with E-state index < -0.39 is 10.0 Å². The van der Waals surface area contributed by atoms with Crippen molar-refractivity contribution in [3.05, 3.63) is 59.7 Å². The van der Waals surface area contributed by atoms with Crippen molar-refractivity contribution < 1.29 is 13.2 Å². The number of aryl methyl sites for hydroxylation is 1. The van der Waals surface area contributed by atoms with E-state index in [0.717, 1.165) is 24.1 Å². The van der Waals surface area contributed by atoms with E-state index in [1.807, 2.05) is 38.1 Å². The van der Waals surface area contributed by atoms with E-state index in [0.29, 0.717) is 25.2 Å². The van der Waals surface area contributed by atoms with Crippen LogP contribution in [0.2, 0.25) is 0 Å². The lowest BCUT2D eigenvalue weighted by atomic mass is 10.1. The highest BCUT2D eigenvalue weighted by atomic mass is 32.2. The second-order valence-electron chi connectivity index (χ2n) is 6.53. The summed E-state index contributed by atoms with van der Waals surface area (Å²) in [6.45, 7) is 5.48. The maximum atomic E-state index is 13.0. The van der Waals surface area contributed by atoms with Gasteiger partial charge < -0.3 is 4.90 Å². The number of benzene rings is 2. The molecule has 138 valence electrons. The van der Waals surface area contributed by atoms with Gasteiger partial charge >= 0.3 is 0 Å². The Morgan fingerprint density at radius 2 is 1.77 bits per heavy atom. The Balaban J connectivity index is 1.92. The van der Waals surface area contributed by atoms with Crippen LogP contribution >= 0.6 is 0 Å². The lowest BCUT2D eigenvalue weighted by Crippen LogP contribution is -2.31. The molecule has 1 heterocycles. The number of hydrogen-bond donors (Lipinski definition) is 0. The normalized spacial score (nSPS) is 15.2. The van der Waals surface area contributed by atoms with Gasteiger partial charge in [-0.1, -0.05) is 18.2 Å². The van der Waals surface area contributed by atoms with Crippen molar-refractivity contribution in [3.63, 3.8) is 0 Å². The van der Waals surface area contributed by atoms with Gasteiger partial charge in [0, 0.05) is 30.9 Å². The van der Waals surface area contributed by atoms with Crippen molar-refractivity contribution in [1.29, 1.82) is 0 Å². The lowest BCUT2D eigenvalue weighted by molar-refractivity contribution is 0.0988. The zero-order valence-corrected chi connectivity index (χ0v) is 16.0. The summed E-state index contributed by atoms with van der Waals surface area (Å²) in [5.74, 6) is -0.198. The van der Waals surface area contributed by atoms with Gasteiger partial charge in [0.05, 0.1) is 4.90 Å². The van der Waals surface area contributed by atoms with E-state index in [-0.39, 0.29) is 10.8 Å². The number of rotatable bonds is 5. The van der Waals surface area contributed by atoms with Crippen LogP contribution < -0.4 is 4.90 Å². The lowest BCUT2D eigenvalue weighted by Gasteiger charge is -2.22. The molecule has 0 aliphatic carbocycles. The Labute approximate surface area is 155 Å². The molecule has 6 heteroatoms. The minimum absolute atomic E-state index is 0.186. The molecule has 0 unspecified atom stereocenters. The van der Waals surface area contributed by atoms with Crippen molar-refractivity contribution in [2.75, 3.05) is 24.5 Å². The van der Waals surface area contributed by atoms with E-state index >= 15 is 0 Å². The third kappa shape index (κ3) is 3.66. The highest BCUT2D eigenvalue weighted by Crippen LogP contribution is 2.23. The van der Waals surface area contributed by atoms with Crippen molar-refractivity contribution in [1.82, 2.24) is 4.31 Å². The third-order valence-corrected chi connectivity index (χ3v) is 6.55. The van der Waals surface area contributed by atoms with Crippen LogP contribution in [0, 0.1) is 6.92 Å². The molecule has 26 heavy (non-hydrogen) atoms. The van der Waals surface area contributed by atoms with Gasteiger partial charge in [-0.15, -0.1) is 0 Å². The molecule has 1 aliphatic rings. The molecule has 1 aliphatic heterocycles. The summed E-state index contributed by atoms with van der Waals surface area (Å²) in [4.78, 5) is 14.9. The number of anilines is 1. The fraction of sp³-hybridized carbons (Fsp3) is 0.350. The summed E-state index contributed by atoms with van der Waals surface area (Å²) in [5, 5.41) is 0. The minimum atomic E-state index is -3.54. The van der Waals surface area contributed by atoms with E-state index in [1.165, 1.54) is 10.4 Å². The smallest absolute Gasteiger partial charge is 0.258 e. The first kappa shape index (κ1) is 18.6. The molecule has 0 aromatic heterocycles. The second-order valence-corrected chi connectivity index (χ2v) is 8.47. The minimum Gasteiger partial charge on any atom is -0.309 e. The average molecular weight is 372 g/mol. The molecule has 0 N–H and O–H groups in total. The molecular formula is C20H24N2O3S. The largest absolute Gasteiger partial charge is 0.309 e. The van der Waals surface area contributed by atoms with Crippen LogP contribution in [0.25, 0.3) is 0 Å². The highest BCUT2D eigenvalue weighted by Gasteiger charge is 2.28. The molecular weight excluding hydrogens is 348 g/mol. The Morgan fingerprint density at radius 3 is 2.42 bits per heavy atom. The summed E-state index contributed by atoms with van der Waals surface area (Å²) in [5.41, 5.74) is 2.26. The topological polar surface area (TPSA) is 57.7 Å². The Hall–Kier alpha value is -2.18. The number of hydrogen-bond acceptors (Lipinski definition) is 3. The highest BCUT2D eigenvalue weighted by molar-refractivity contribution is 7.89. The monoisotopic (exact) mass is 372 g/mol. The summed E-state index contributed by atoms with van der Waals surface area (Å²) in [6, 6.07) is 14.1. The van der Waals surface area contributed by atoms with Crippen molar-refractivity contribution in [2.24, 2.45) is 0 Å². The van der Waals surface area contributed by atoms with Crippen molar-refractivity contribution in [2.45, 2.75) is 31.6 Å². The van der Waals surface area contributed by atoms with Gasteiger partial charge in [-0.05, 0) is 62.6 Å². The SMILES string of the molecule is CCN(C(=O)c1cccc(S(=O)(=O)N2CCCC2)c1)c1cccc(C)c1. The van der Waals surface area contributed by atoms with Gasteiger partial charge in [-0.2, -0.15) is 4.31 Å². The maximum absolute atomic E-state index is 13.0. The van der Waals surface area contributed by atoms with E-state index in [1.54, 1.807) is 23.1 Å². The average Bonchev–Trinajstić information content (AvgIpc) is 3.18. The molecule has 0 saturated carbocycles. The zero-order chi connectivity index (χ0) is 18.7. The van der Waals surface area contributed by atoms with Gasteiger partial charge in [-0.25, -0.2) is 8.42 Å². The number of sulfonamides is 1. The first-order valence-corrected chi connectivity index (χ1v) is 10.4. The summed E-state index contributed by atoms with van der Waals surface area (Å²) < 4.78 is 27.0. The number of nitrogens with zero attached hydrogens (tertiary/aromatic N) is 2. The molecule has 1 saturated heterocycles. The Kier molecular flexibility index (Phi) is 5.44. The number of carbonyl (C=O) groups excluding carboxylic acids is 1. The summed E-state index contributed by atoms with van der Waals surface area (Å²) >= 11 is 0. The molecule has 3 rings (SSSR count). The first-order valence-electron chi connectivity index (χ1n) is 8.92. The first-order chi connectivity index (χ1) is 12.4. The van der Waals surface area contributed by atoms with Crippen LogP contribution in [0.1, 0.15) is 35.7 Å². The van der Waals surface area contributed by atoms with Crippen LogP contribution in [0.4, 0.5) is 5.69 Å². The van der Waals surface area contributed by atoms with Gasteiger partial charge in [0.2, 0.25) is 10.0 Å². The van der Waals surface area contributed by atoms with Crippen LogP contribution in [0.3, 0.4) is 0 Å². The molecule has 0 spiro atoms. The molecule has 2 aromatic carbocycles. The van der Waals surface area contributed by atoms with Crippen LogP contribution in [0.15, 0.2) is 53.4 Å².